The van der Waals surface area contributed by atoms with Crippen LogP contribution in [0.5, 0.6) is 0 Å². The summed E-state index contributed by atoms with van der Waals surface area (Å²) in [7, 11) is 6.11. The van der Waals surface area contributed by atoms with Gasteiger partial charge in [-0.05, 0) is 92.8 Å². The summed E-state index contributed by atoms with van der Waals surface area (Å²) in [5.41, 5.74) is 4.78. The van der Waals surface area contributed by atoms with Crippen molar-refractivity contribution in [1.82, 2.24) is 14.8 Å². The number of fused-ring (bicyclic) bond motifs is 1. The van der Waals surface area contributed by atoms with Crippen molar-refractivity contribution < 1.29 is 9.59 Å². The van der Waals surface area contributed by atoms with Crippen molar-refractivity contribution in [3.05, 3.63) is 59.8 Å². The fourth-order valence-electron chi connectivity index (χ4n) is 7.46. The zero-order valence-corrected chi connectivity index (χ0v) is 25.5. The molecule has 1 aromatic heterocycles. The molecule has 2 aliphatic carbocycles. The van der Waals surface area contributed by atoms with Crippen LogP contribution in [0.25, 0.3) is 10.9 Å². The van der Waals surface area contributed by atoms with Gasteiger partial charge in [-0.1, -0.05) is 32.0 Å². The minimum Gasteiger partial charge on any atom is -0.378 e. The normalized spacial score (nSPS) is 23.3. The second kappa shape index (κ2) is 10.2. The predicted octanol–water partition coefficient (Wildman–Crippen LogP) is 5.77. The number of para-hydroxylation sites is 1. The number of anilines is 2. The highest BCUT2D eigenvalue weighted by Gasteiger charge is 2.61. The molecule has 3 fully saturated rings. The Labute approximate surface area is 244 Å². The van der Waals surface area contributed by atoms with E-state index in [1.165, 1.54) is 16.6 Å². The van der Waals surface area contributed by atoms with Crippen molar-refractivity contribution in [2.24, 2.45) is 11.3 Å². The highest BCUT2D eigenvalue weighted by atomic mass is 16.2. The molecule has 2 amide bonds. The van der Waals surface area contributed by atoms with E-state index < -0.39 is 5.54 Å². The van der Waals surface area contributed by atoms with Crippen molar-refractivity contribution in [2.45, 2.75) is 70.4 Å². The number of aromatic amines is 1. The van der Waals surface area contributed by atoms with E-state index in [1.807, 2.05) is 43.3 Å². The van der Waals surface area contributed by atoms with Gasteiger partial charge in [0, 0.05) is 67.6 Å². The van der Waals surface area contributed by atoms with Crippen molar-refractivity contribution >= 4 is 34.1 Å². The van der Waals surface area contributed by atoms with Gasteiger partial charge in [-0.3, -0.25) is 9.59 Å². The molecule has 218 valence electrons. The number of likely N-dealkylation sites (tertiary alicyclic amines) is 1. The molecule has 0 unspecified atom stereocenters. The molecule has 0 radical (unpaired) electrons. The van der Waals surface area contributed by atoms with Gasteiger partial charge in [0.25, 0.3) is 0 Å². The number of carbonyl (C=O) groups is 2. The third-order valence-electron chi connectivity index (χ3n) is 10.2. The summed E-state index contributed by atoms with van der Waals surface area (Å²) in [5.74, 6) is 0.677. The number of piperidine rings is 1. The number of nitrogens with one attached hydrogen (secondary N) is 2. The summed E-state index contributed by atoms with van der Waals surface area (Å²) in [6, 6.07) is 16.6. The first-order valence-corrected chi connectivity index (χ1v) is 15.2. The molecule has 6 rings (SSSR count). The number of carbonyl (C=O) groups excluding carboxylic acids is 2. The van der Waals surface area contributed by atoms with Crippen LogP contribution in [0.2, 0.25) is 0 Å². The summed E-state index contributed by atoms with van der Waals surface area (Å²) in [6.45, 7) is 8.36. The first kappa shape index (κ1) is 27.8. The Balaban J connectivity index is 1.27. The highest BCUT2D eigenvalue weighted by Crippen LogP contribution is 2.67. The quantitative estimate of drug-likeness (QED) is 0.370. The number of H-pyrrole nitrogens is 1. The highest BCUT2D eigenvalue weighted by molar-refractivity contribution is 6.01. The second-order valence-electron chi connectivity index (χ2n) is 13.5. The van der Waals surface area contributed by atoms with E-state index >= 15 is 0 Å². The van der Waals surface area contributed by atoms with E-state index in [-0.39, 0.29) is 29.2 Å². The fourth-order valence-corrected chi connectivity index (χ4v) is 7.46. The van der Waals surface area contributed by atoms with Crippen LogP contribution in [0.3, 0.4) is 0 Å². The van der Waals surface area contributed by atoms with E-state index in [0.717, 1.165) is 42.8 Å². The average Bonchev–Trinajstić information content (AvgIpc) is 3.82. The van der Waals surface area contributed by atoms with Crippen molar-refractivity contribution in [3.63, 3.8) is 0 Å². The zero-order valence-electron chi connectivity index (χ0n) is 25.5. The van der Waals surface area contributed by atoms with E-state index in [0.29, 0.717) is 25.2 Å². The number of hydrogen-bond acceptors (Lipinski definition) is 4. The maximum Gasteiger partial charge on any atom is 0.250 e. The Morgan fingerprint density at radius 2 is 1.68 bits per heavy atom. The standard InChI is InChI=1S/C34H45N5O2/c1-22-30(26-9-7-8-10-28(26)35-22)31-27(33(31,2)3)21-29(40)39(25-15-16-25)34(17-19-38(6)20-18-34)32(41)36-23-11-13-24(14-12-23)37(4)5/h7-14,25,27,31,35H,15-21H2,1-6H3,(H,36,41)/t27-,31-/m1/s1. The van der Waals surface area contributed by atoms with Crippen LogP contribution in [-0.4, -0.2) is 72.4 Å². The van der Waals surface area contributed by atoms with Crippen LogP contribution < -0.4 is 10.2 Å². The topological polar surface area (TPSA) is 71.7 Å². The van der Waals surface area contributed by atoms with E-state index in [9.17, 15) is 9.59 Å². The summed E-state index contributed by atoms with van der Waals surface area (Å²) >= 11 is 0. The maximum atomic E-state index is 14.4. The van der Waals surface area contributed by atoms with Gasteiger partial charge in [0.15, 0.2) is 0 Å². The lowest BCUT2D eigenvalue weighted by Crippen LogP contribution is -2.64. The summed E-state index contributed by atoms with van der Waals surface area (Å²) in [5, 5.41) is 4.49. The minimum atomic E-state index is -0.823. The number of aryl methyl sites for hydroxylation is 1. The monoisotopic (exact) mass is 555 g/mol. The maximum absolute atomic E-state index is 14.4. The van der Waals surface area contributed by atoms with Gasteiger partial charge in [0.2, 0.25) is 11.8 Å². The molecule has 0 bridgehead atoms. The Bertz CT molecular complexity index is 1440. The predicted molar refractivity (Wildman–Crippen MR) is 166 cm³/mol. The zero-order chi connectivity index (χ0) is 29.1. The Morgan fingerprint density at radius 1 is 1.02 bits per heavy atom. The fraction of sp³-hybridized carbons (Fsp3) is 0.529. The number of rotatable bonds is 8. The van der Waals surface area contributed by atoms with Gasteiger partial charge in [-0.15, -0.1) is 0 Å². The molecular weight excluding hydrogens is 510 g/mol. The summed E-state index contributed by atoms with van der Waals surface area (Å²) in [6.07, 6.45) is 3.76. The van der Waals surface area contributed by atoms with Crippen LogP contribution in [0.1, 0.15) is 63.1 Å². The largest absolute Gasteiger partial charge is 0.378 e. The molecule has 2 aromatic carbocycles. The summed E-state index contributed by atoms with van der Waals surface area (Å²) < 4.78 is 0. The lowest BCUT2D eigenvalue weighted by Gasteiger charge is -2.47. The molecule has 1 saturated heterocycles. The van der Waals surface area contributed by atoms with Crippen LogP contribution in [0.15, 0.2) is 48.5 Å². The van der Waals surface area contributed by atoms with Crippen molar-refractivity contribution in [2.75, 3.05) is 44.4 Å². The molecule has 2 N–H and O–H groups in total. The average molecular weight is 556 g/mol. The molecule has 3 aromatic rings. The van der Waals surface area contributed by atoms with Gasteiger partial charge in [0.1, 0.15) is 5.54 Å². The Morgan fingerprint density at radius 3 is 2.32 bits per heavy atom. The van der Waals surface area contributed by atoms with Gasteiger partial charge in [-0.25, -0.2) is 0 Å². The molecule has 7 nitrogen and oxygen atoms in total. The number of nitrogens with zero attached hydrogens (tertiary/aromatic N) is 3. The molecule has 2 atom stereocenters. The van der Waals surface area contributed by atoms with Crippen LogP contribution >= 0.6 is 0 Å². The summed E-state index contributed by atoms with van der Waals surface area (Å²) in [4.78, 5) is 38.6. The third-order valence-corrected chi connectivity index (χ3v) is 10.2. The van der Waals surface area contributed by atoms with E-state index in [1.54, 1.807) is 0 Å². The van der Waals surface area contributed by atoms with Crippen LogP contribution in [0, 0.1) is 18.3 Å². The van der Waals surface area contributed by atoms with E-state index in [2.05, 4.69) is 72.2 Å². The molecule has 7 heteroatoms. The van der Waals surface area contributed by atoms with Crippen LogP contribution in [0.4, 0.5) is 11.4 Å². The third kappa shape index (κ3) is 4.92. The first-order valence-electron chi connectivity index (χ1n) is 15.2. The molecule has 2 saturated carbocycles. The Hall–Kier alpha value is -3.32. The number of hydrogen-bond donors (Lipinski definition) is 2. The lowest BCUT2D eigenvalue weighted by atomic mass is 9.83. The van der Waals surface area contributed by atoms with E-state index in [4.69, 9.17) is 0 Å². The van der Waals surface area contributed by atoms with Crippen molar-refractivity contribution in [1.29, 1.82) is 0 Å². The SMILES string of the molecule is Cc1[nH]c2ccccc2c1[C@H]1[C@@H](CC(=O)N(C2CC2)C2(C(=O)Nc3ccc(N(C)C)cc3)CCN(C)CC2)C1(C)C. The number of amides is 2. The van der Waals surface area contributed by atoms with Gasteiger partial charge < -0.3 is 25.0 Å². The lowest BCUT2D eigenvalue weighted by molar-refractivity contribution is -0.150. The minimum absolute atomic E-state index is 0.0248. The van der Waals surface area contributed by atoms with Crippen molar-refractivity contribution in [3.8, 4) is 0 Å². The molecule has 3 aliphatic rings. The van der Waals surface area contributed by atoms with Gasteiger partial charge in [-0.2, -0.15) is 0 Å². The first-order chi connectivity index (χ1) is 19.5. The number of aromatic nitrogens is 1. The second-order valence-corrected chi connectivity index (χ2v) is 13.5. The number of benzene rings is 2. The molecule has 0 spiro atoms. The molecular formula is C34H45N5O2. The van der Waals surface area contributed by atoms with Crippen LogP contribution in [-0.2, 0) is 9.59 Å². The molecule has 41 heavy (non-hydrogen) atoms. The molecule has 1 aliphatic heterocycles. The Kier molecular flexibility index (Phi) is 6.92. The smallest absolute Gasteiger partial charge is 0.250 e. The molecule has 2 heterocycles. The van der Waals surface area contributed by atoms with Gasteiger partial charge in [0.05, 0.1) is 0 Å². The van der Waals surface area contributed by atoms with Gasteiger partial charge >= 0.3 is 0 Å².